The maximum atomic E-state index is 13.7. The second-order valence-corrected chi connectivity index (χ2v) is 5.69. The largest absolute Gasteiger partial charge is 0.389 e. The van der Waals surface area contributed by atoms with Gasteiger partial charge in [0.1, 0.15) is 10.8 Å². The maximum Gasteiger partial charge on any atom is 0.135 e. The number of nitrogens with two attached hydrogens (primary N) is 1. The van der Waals surface area contributed by atoms with E-state index in [2.05, 4.69) is 5.32 Å². The first-order valence-corrected chi connectivity index (χ1v) is 7.41. The molecule has 0 unspecified atom stereocenters. The number of hydrogen-bond donors (Lipinski definition) is 2. The van der Waals surface area contributed by atoms with E-state index in [0.717, 1.165) is 18.9 Å². The lowest BCUT2D eigenvalue weighted by Crippen LogP contribution is -2.17. The standard InChI is InChI=1S/C15H21FN2S/c16-12-7-4-8-13(14(12)15(17)19)18-10-9-11-5-2-1-3-6-11/h4,7-8,11,18H,1-3,5-6,9-10H2,(H2,17,19). The molecule has 0 aromatic heterocycles. The maximum absolute atomic E-state index is 13.7. The predicted octanol–water partition coefficient (Wildman–Crippen LogP) is 3.84. The van der Waals surface area contributed by atoms with Gasteiger partial charge < -0.3 is 11.1 Å². The Kier molecular flexibility index (Phi) is 5.14. The van der Waals surface area contributed by atoms with Crippen molar-refractivity contribution in [1.82, 2.24) is 0 Å². The van der Waals surface area contributed by atoms with Crippen LogP contribution in [0.3, 0.4) is 0 Å². The fraction of sp³-hybridized carbons (Fsp3) is 0.533. The molecule has 0 amide bonds. The third kappa shape index (κ3) is 3.90. The summed E-state index contributed by atoms with van der Waals surface area (Å²) in [6.07, 6.45) is 7.86. The van der Waals surface area contributed by atoms with Crippen molar-refractivity contribution >= 4 is 22.9 Å². The van der Waals surface area contributed by atoms with E-state index in [1.807, 2.05) is 6.07 Å². The second-order valence-electron chi connectivity index (χ2n) is 5.25. The van der Waals surface area contributed by atoms with Crippen LogP contribution in [0, 0.1) is 11.7 Å². The molecule has 0 bridgehead atoms. The molecule has 1 fully saturated rings. The van der Waals surface area contributed by atoms with Gasteiger partial charge in [-0.25, -0.2) is 4.39 Å². The summed E-state index contributed by atoms with van der Waals surface area (Å²) in [4.78, 5) is 0.110. The molecule has 1 aromatic carbocycles. The Bertz CT molecular complexity index is 442. The molecule has 0 saturated heterocycles. The average molecular weight is 280 g/mol. The highest BCUT2D eigenvalue weighted by molar-refractivity contribution is 7.80. The SMILES string of the molecule is NC(=S)c1c(F)cccc1NCCC1CCCCC1. The molecule has 2 rings (SSSR count). The molecule has 0 heterocycles. The van der Waals surface area contributed by atoms with Crippen molar-refractivity contribution in [3.63, 3.8) is 0 Å². The molecule has 0 spiro atoms. The van der Waals surface area contributed by atoms with Crippen molar-refractivity contribution in [1.29, 1.82) is 0 Å². The van der Waals surface area contributed by atoms with Crippen molar-refractivity contribution in [2.75, 3.05) is 11.9 Å². The number of anilines is 1. The van der Waals surface area contributed by atoms with Gasteiger partial charge in [-0.1, -0.05) is 50.4 Å². The first-order chi connectivity index (χ1) is 9.18. The van der Waals surface area contributed by atoms with E-state index in [1.165, 1.54) is 38.2 Å². The Morgan fingerprint density at radius 3 is 2.74 bits per heavy atom. The molecule has 1 saturated carbocycles. The van der Waals surface area contributed by atoms with Gasteiger partial charge in [0.15, 0.2) is 0 Å². The van der Waals surface area contributed by atoms with Gasteiger partial charge >= 0.3 is 0 Å². The van der Waals surface area contributed by atoms with Crippen LogP contribution in [0.4, 0.5) is 10.1 Å². The highest BCUT2D eigenvalue weighted by Crippen LogP contribution is 2.26. The van der Waals surface area contributed by atoms with Crippen molar-refractivity contribution < 1.29 is 4.39 Å². The summed E-state index contributed by atoms with van der Waals surface area (Å²) in [6.45, 7) is 0.851. The van der Waals surface area contributed by atoms with Crippen LogP contribution < -0.4 is 11.1 Å². The van der Waals surface area contributed by atoms with E-state index in [-0.39, 0.29) is 10.8 Å². The lowest BCUT2D eigenvalue weighted by Gasteiger charge is -2.22. The summed E-state index contributed by atoms with van der Waals surface area (Å²) < 4.78 is 13.7. The minimum absolute atomic E-state index is 0.110. The minimum Gasteiger partial charge on any atom is -0.389 e. The van der Waals surface area contributed by atoms with E-state index in [1.54, 1.807) is 6.07 Å². The quantitative estimate of drug-likeness (QED) is 0.805. The molecular formula is C15H21FN2S. The van der Waals surface area contributed by atoms with E-state index in [9.17, 15) is 4.39 Å². The first-order valence-electron chi connectivity index (χ1n) is 7.00. The Morgan fingerprint density at radius 1 is 1.32 bits per heavy atom. The number of halogens is 1. The Labute approximate surface area is 119 Å². The zero-order chi connectivity index (χ0) is 13.7. The highest BCUT2D eigenvalue weighted by Gasteiger charge is 2.14. The van der Waals surface area contributed by atoms with Crippen LogP contribution in [0.2, 0.25) is 0 Å². The van der Waals surface area contributed by atoms with Gasteiger partial charge in [0.25, 0.3) is 0 Å². The van der Waals surface area contributed by atoms with Gasteiger partial charge in [-0.3, -0.25) is 0 Å². The van der Waals surface area contributed by atoms with Crippen LogP contribution in [0.5, 0.6) is 0 Å². The molecule has 1 aliphatic rings. The molecule has 104 valence electrons. The van der Waals surface area contributed by atoms with Crippen LogP contribution in [0.25, 0.3) is 0 Å². The Morgan fingerprint density at radius 2 is 2.05 bits per heavy atom. The van der Waals surface area contributed by atoms with Gasteiger partial charge in [0, 0.05) is 12.2 Å². The Hall–Kier alpha value is -1.16. The molecule has 1 aliphatic carbocycles. The van der Waals surface area contributed by atoms with E-state index in [4.69, 9.17) is 18.0 Å². The lowest BCUT2D eigenvalue weighted by molar-refractivity contribution is 0.345. The molecule has 0 atom stereocenters. The highest BCUT2D eigenvalue weighted by atomic mass is 32.1. The van der Waals surface area contributed by atoms with Crippen LogP contribution in [-0.4, -0.2) is 11.5 Å². The monoisotopic (exact) mass is 280 g/mol. The molecule has 2 nitrogen and oxygen atoms in total. The van der Waals surface area contributed by atoms with Gasteiger partial charge in [-0.15, -0.1) is 0 Å². The molecule has 1 aromatic rings. The molecule has 0 aliphatic heterocycles. The van der Waals surface area contributed by atoms with Crippen LogP contribution in [0.15, 0.2) is 18.2 Å². The van der Waals surface area contributed by atoms with Crippen LogP contribution >= 0.6 is 12.2 Å². The molecule has 3 N–H and O–H groups in total. The molecule has 19 heavy (non-hydrogen) atoms. The van der Waals surface area contributed by atoms with Crippen LogP contribution in [-0.2, 0) is 0 Å². The summed E-state index contributed by atoms with van der Waals surface area (Å²) in [6, 6.07) is 4.90. The van der Waals surface area contributed by atoms with Crippen molar-refractivity contribution in [2.24, 2.45) is 11.7 Å². The average Bonchev–Trinajstić information content (AvgIpc) is 2.39. The van der Waals surface area contributed by atoms with Gasteiger partial charge in [-0.2, -0.15) is 0 Å². The summed E-state index contributed by atoms with van der Waals surface area (Å²) in [5.41, 5.74) is 6.63. The fourth-order valence-corrected chi connectivity index (χ4v) is 3.02. The molecule has 0 radical (unpaired) electrons. The number of hydrogen-bond acceptors (Lipinski definition) is 2. The molecule has 4 heteroatoms. The number of rotatable bonds is 5. The van der Waals surface area contributed by atoms with Crippen molar-refractivity contribution in [2.45, 2.75) is 38.5 Å². The lowest BCUT2D eigenvalue weighted by atomic mass is 9.87. The zero-order valence-corrected chi connectivity index (χ0v) is 11.9. The Balaban J connectivity index is 1.92. The number of thiocarbonyl (C=S) groups is 1. The third-order valence-corrected chi connectivity index (χ3v) is 4.06. The summed E-state index contributed by atoms with van der Waals surface area (Å²) >= 11 is 4.91. The summed E-state index contributed by atoms with van der Waals surface area (Å²) in [5, 5.41) is 3.28. The minimum atomic E-state index is -0.352. The third-order valence-electron chi connectivity index (χ3n) is 3.85. The first kappa shape index (κ1) is 14.3. The second kappa shape index (κ2) is 6.85. The fourth-order valence-electron chi connectivity index (χ4n) is 2.81. The van der Waals surface area contributed by atoms with Crippen molar-refractivity contribution in [3.8, 4) is 0 Å². The summed E-state index contributed by atoms with van der Waals surface area (Å²) in [7, 11) is 0. The zero-order valence-electron chi connectivity index (χ0n) is 11.1. The molecular weight excluding hydrogens is 259 g/mol. The van der Waals surface area contributed by atoms with Crippen molar-refractivity contribution in [3.05, 3.63) is 29.6 Å². The normalized spacial score (nSPS) is 16.3. The van der Waals surface area contributed by atoms with Crippen LogP contribution in [0.1, 0.15) is 44.1 Å². The van der Waals surface area contributed by atoms with Gasteiger partial charge in [0.2, 0.25) is 0 Å². The van der Waals surface area contributed by atoms with Gasteiger partial charge in [0.05, 0.1) is 5.56 Å². The smallest absolute Gasteiger partial charge is 0.135 e. The van der Waals surface area contributed by atoms with Gasteiger partial charge in [-0.05, 0) is 24.5 Å². The predicted molar refractivity (Wildman–Crippen MR) is 82.0 cm³/mol. The van der Waals surface area contributed by atoms with E-state index >= 15 is 0 Å². The van der Waals surface area contributed by atoms with E-state index < -0.39 is 0 Å². The number of benzene rings is 1. The number of nitrogens with one attached hydrogen (secondary N) is 1. The summed E-state index contributed by atoms with van der Waals surface area (Å²) in [5.74, 6) is 0.457. The topological polar surface area (TPSA) is 38.0 Å². The van der Waals surface area contributed by atoms with E-state index in [0.29, 0.717) is 11.3 Å².